The van der Waals surface area contributed by atoms with Gasteiger partial charge in [0.2, 0.25) is 5.43 Å². The third-order valence-electron chi connectivity index (χ3n) is 10.6. The first-order valence-electron chi connectivity index (χ1n) is 17.4. The van der Waals surface area contributed by atoms with Gasteiger partial charge < -0.3 is 34.5 Å². The number of nitrogens with one attached hydrogen (secondary N) is 1. The number of hydrogen-bond donors (Lipinski definition) is 3. The van der Waals surface area contributed by atoms with E-state index < -0.39 is 44.5 Å². The number of fused-ring (bicyclic) bond motifs is 2. The van der Waals surface area contributed by atoms with Crippen LogP contribution in [0.1, 0.15) is 71.9 Å². The molecule has 3 aromatic rings. The molecule has 0 bridgehead atoms. The number of aromatic nitrogens is 1. The summed E-state index contributed by atoms with van der Waals surface area (Å²) in [6.07, 6.45) is 1.99. The summed E-state index contributed by atoms with van der Waals surface area (Å²) < 4.78 is 28.6. The molecule has 3 N–H and O–H groups in total. The van der Waals surface area contributed by atoms with Crippen molar-refractivity contribution in [2.75, 3.05) is 45.0 Å². The molecule has 2 saturated heterocycles. The molecule has 3 fully saturated rings. The molecule has 1 aliphatic carbocycles. The maximum atomic E-state index is 16.6. The van der Waals surface area contributed by atoms with Crippen LogP contribution in [0.25, 0.3) is 10.9 Å². The minimum Gasteiger partial charge on any atom is -0.492 e. The molecule has 0 radical (unpaired) electrons. The number of halogens is 3. The number of amides is 1. The molecule has 2 aromatic carbocycles. The van der Waals surface area contributed by atoms with Crippen LogP contribution in [0.2, 0.25) is 0 Å². The Morgan fingerprint density at radius 1 is 1.17 bits per heavy atom. The summed E-state index contributed by atoms with van der Waals surface area (Å²) in [6, 6.07) is 4.17. The van der Waals surface area contributed by atoms with Crippen LogP contribution >= 0.6 is 23.2 Å². The number of piperidine rings is 1. The Hall–Kier alpha value is -4.02. The fourth-order valence-corrected chi connectivity index (χ4v) is 7.95. The number of likely N-dealkylation sites (tertiary alicyclic amines) is 1. The Labute approximate surface area is 314 Å². The predicted molar refractivity (Wildman–Crippen MR) is 196 cm³/mol. The molecule has 2 aliphatic heterocycles. The molecule has 3 heterocycles. The Morgan fingerprint density at radius 3 is 2.43 bits per heavy atom. The Morgan fingerprint density at radius 2 is 1.85 bits per heavy atom. The van der Waals surface area contributed by atoms with Gasteiger partial charge in [-0.2, -0.15) is 0 Å². The average molecular weight is 779 g/mol. The number of carbonyl (C=O) groups is 2. The van der Waals surface area contributed by atoms with Crippen LogP contribution in [0.15, 0.2) is 29.1 Å². The van der Waals surface area contributed by atoms with Gasteiger partial charge >= 0.3 is 5.97 Å². The molecule has 4 atom stereocenters. The molecule has 1 aromatic heterocycles. The van der Waals surface area contributed by atoms with Crippen LogP contribution in [0.5, 0.6) is 5.75 Å². The minimum absolute atomic E-state index is 0.00541. The molecule has 0 spiro atoms. The highest BCUT2D eigenvalue weighted by atomic mass is 35.5. The number of aliphatic hydroxyl groups is 1. The van der Waals surface area contributed by atoms with Crippen molar-refractivity contribution in [1.82, 2.24) is 14.8 Å². The molecular weight excluding hydrogens is 736 g/mol. The molecule has 286 valence electrons. The Balaban J connectivity index is 1.25. The number of methoxy groups -OCH3 is 1. The van der Waals surface area contributed by atoms with E-state index in [4.69, 9.17) is 32.7 Å². The quantitative estimate of drug-likeness (QED) is 0.121. The number of nitro groups is 1. The van der Waals surface area contributed by atoms with Gasteiger partial charge in [0.1, 0.15) is 17.4 Å². The van der Waals surface area contributed by atoms with Crippen LogP contribution in [0.4, 0.5) is 15.8 Å². The summed E-state index contributed by atoms with van der Waals surface area (Å²) in [7, 11) is 1.43. The summed E-state index contributed by atoms with van der Waals surface area (Å²) in [5.41, 5.74) is 0.0384. The van der Waals surface area contributed by atoms with E-state index in [2.05, 4.69) is 10.2 Å². The van der Waals surface area contributed by atoms with E-state index in [-0.39, 0.29) is 65.0 Å². The van der Waals surface area contributed by atoms with E-state index in [9.17, 15) is 34.7 Å². The van der Waals surface area contributed by atoms with Crippen molar-refractivity contribution >= 4 is 57.4 Å². The molecule has 1 amide bonds. The van der Waals surface area contributed by atoms with E-state index in [0.29, 0.717) is 36.4 Å². The summed E-state index contributed by atoms with van der Waals surface area (Å²) in [4.78, 5) is 53.1. The average Bonchev–Trinajstić information content (AvgIpc) is 3.84. The van der Waals surface area contributed by atoms with Crippen molar-refractivity contribution in [1.29, 1.82) is 0 Å². The highest BCUT2D eigenvalue weighted by Gasteiger charge is 2.43. The second kappa shape index (κ2) is 15.0. The predicted octanol–water partition coefficient (Wildman–Crippen LogP) is 4.99. The largest absolute Gasteiger partial charge is 0.492 e. The van der Waals surface area contributed by atoms with E-state index in [1.165, 1.54) is 45.2 Å². The molecule has 17 heteroatoms. The van der Waals surface area contributed by atoms with Crippen LogP contribution in [0.3, 0.4) is 0 Å². The fourth-order valence-electron chi connectivity index (χ4n) is 7.84. The van der Waals surface area contributed by atoms with Crippen molar-refractivity contribution in [3.63, 3.8) is 0 Å². The number of nitro benzene ring substituents is 1. The van der Waals surface area contributed by atoms with E-state index >= 15 is 4.39 Å². The topological polar surface area (TPSA) is 177 Å². The maximum Gasteiger partial charge on any atom is 0.341 e. The lowest BCUT2D eigenvalue weighted by Gasteiger charge is -2.37. The molecular formula is C36H42Cl2FN5O9. The molecule has 6 rings (SSSR count). The third kappa shape index (κ3) is 7.41. The summed E-state index contributed by atoms with van der Waals surface area (Å²) >= 11 is 12.0. The van der Waals surface area contributed by atoms with Crippen LogP contribution in [0, 0.1) is 35.7 Å². The van der Waals surface area contributed by atoms with Gasteiger partial charge in [0.15, 0.2) is 15.9 Å². The molecule has 3 aliphatic rings. The number of ether oxygens (including phenoxy) is 2. The standard InChI is InChI=1S/C36H42Cl2FN5O9/c1-18-26-29(43(22-11-12-22)19(2)27(32(26)46)34(47)48)33(52-4)30(28(18)39)42-14-21-6-5-13-41(25(21)15-42)17-53-16-24(40-35(49)36(3,37)38)31(45)20-7-9-23(10-8-20)44(50)51/h7-10,21-22,24-25,31,45H,5-6,11-17H2,1-4H3,(H,40,49)(H,47,48)/t21?,24-,25?,31-/m1/s1. The molecule has 1 saturated carbocycles. The van der Waals surface area contributed by atoms with Crippen LogP contribution in [-0.4, -0.2) is 93.0 Å². The third-order valence-corrected chi connectivity index (χ3v) is 11.0. The van der Waals surface area contributed by atoms with Gasteiger partial charge in [0.05, 0.1) is 42.3 Å². The smallest absolute Gasteiger partial charge is 0.341 e. The monoisotopic (exact) mass is 777 g/mol. The van der Waals surface area contributed by atoms with Crippen molar-refractivity contribution in [3.05, 3.63) is 72.8 Å². The second-order valence-corrected chi connectivity index (χ2v) is 15.9. The number of non-ortho nitro benzene ring substituents is 1. The van der Waals surface area contributed by atoms with Gasteiger partial charge in [-0.1, -0.05) is 23.2 Å². The van der Waals surface area contributed by atoms with Crippen LogP contribution < -0.4 is 20.4 Å². The summed E-state index contributed by atoms with van der Waals surface area (Å²) in [6.45, 7) is 5.93. The zero-order chi connectivity index (χ0) is 38.5. The number of alkyl halides is 2. The minimum atomic E-state index is -1.80. The highest BCUT2D eigenvalue weighted by molar-refractivity contribution is 6.57. The zero-order valence-corrected chi connectivity index (χ0v) is 31.2. The number of anilines is 1. The van der Waals surface area contributed by atoms with Gasteiger partial charge in [0, 0.05) is 55.1 Å². The maximum absolute atomic E-state index is 16.6. The first-order valence-corrected chi connectivity index (χ1v) is 18.2. The first-order chi connectivity index (χ1) is 25.0. The number of carboxylic acid groups (broad SMARTS) is 1. The van der Waals surface area contributed by atoms with Gasteiger partial charge in [0.25, 0.3) is 11.6 Å². The van der Waals surface area contributed by atoms with Gasteiger partial charge in [-0.25, -0.2) is 9.18 Å². The number of carboxylic acids is 1. The lowest BCUT2D eigenvalue weighted by Crippen LogP contribution is -2.49. The molecule has 2 unspecified atom stereocenters. The van der Waals surface area contributed by atoms with Crippen molar-refractivity contribution in [3.8, 4) is 5.75 Å². The van der Waals surface area contributed by atoms with Crippen molar-refractivity contribution in [2.45, 2.75) is 75.0 Å². The van der Waals surface area contributed by atoms with Crippen LogP contribution in [-0.2, 0) is 9.53 Å². The summed E-state index contributed by atoms with van der Waals surface area (Å²) in [5, 5.41) is 34.9. The second-order valence-electron chi connectivity index (χ2n) is 14.2. The Bertz CT molecular complexity index is 2000. The number of hydrogen-bond acceptors (Lipinski definition) is 10. The lowest BCUT2D eigenvalue weighted by molar-refractivity contribution is -0.384. The Kier molecular flexibility index (Phi) is 11.0. The van der Waals surface area contributed by atoms with E-state index in [1.807, 2.05) is 9.47 Å². The van der Waals surface area contributed by atoms with Gasteiger partial charge in [-0.15, -0.1) is 0 Å². The number of rotatable bonds is 13. The highest BCUT2D eigenvalue weighted by Crippen LogP contribution is 2.47. The SMILES string of the molecule is COc1c(N2CC3CCCN(COC[C@@H](NC(=O)C(C)(Cl)Cl)[C@H](O)c4ccc([N+](=O)[O-])cc4)C3C2)c(F)c(C)c2c(=O)c(C(=O)O)c(C)n(C3CC3)c12. The number of aliphatic hydroxyl groups excluding tert-OH is 1. The van der Waals surface area contributed by atoms with E-state index in [0.717, 1.165) is 25.7 Å². The van der Waals surface area contributed by atoms with E-state index in [1.54, 1.807) is 6.92 Å². The number of pyridine rings is 1. The molecule has 53 heavy (non-hydrogen) atoms. The fraction of sp³-hybridized carbons (Fsp3) is 0.528. The summed E-state index contributed by atoms with van der Waals surface area (Å²) in [5.74, 6) is -2.44. The normalized spacial score (nSPS) is 20.3. The van der Waals surface area contributed by atoms with Crippen molar-refractivity contribution < 1.29 is 38.6 Å². The number of nitrogens with zero attached hydrogens (tertiary/aromatic N) is 4. The molecule has 14 nitrogen and oxygen atoms in total. The van der Waals surface area contributed by atoms with Gasteiger partial charge in [-0.3, -0.25) is 24.6 Å². The number of aromatic carboxylic acids is 1. The van der Waals surface area contributed by atoms with Gasteiger partial charge in [-0.05, 0) is 70.1 Å². The number of aryl methyl sites for hydroxylation is 1. The zero-order valence-electron chi connectivity index (χ0n) is 29.7. The van der Waals surface area contributed by atoms with Crippen molar-refractivity contribution in [2.24, 2.45) is 5.92 Å². The first kappa shape index (κ1) is 38.7. The lowest BCUT2D eigenvalue weighted by atomic mass is 9.92. The number of benzene rings is 2. The number of carbonyl (C=O) groups excluding carboxylic acids is 1.